The lowest BCUT2D eigenvalue weighted by molar-refractivity contribution is 0.117. The zero-order valence-electron chi connectivity index (χ0n) is 36.4. The maximum absolute atomic E-state index is 14.9. The van der Waals surface area contributed by atoms with Gasteiger partial charge in [0, 0.05) is 11.4 Å². The van der Waals surface area contributed by atoms with Gasteiger partial charge in [-0.05, 0) is 150 Å². The number of hydrogen-bond acceptors (Lipinski definition) is 10. The number of amides is 4. The first-order valence-electron chi connectivity index (χ1n) is 21.6. The molecule has 0 bridgehead atoms. The Balaban J connectivity index is 0.000000162. The number of likely N-dealkylation sites (N-methyl/N-ethyl adjacent to an activating group) is 2. The number of nitrogens with two attached hydrogens (primary N) is 2. The van der Waals surface area contributed by atoms with Crippen molar-refractivity contribution in [2.45, 2.75) is 112 Å². The summed E-state index contributed by atoms with van der Waals surface area (Å²) in [4.78, 5) is 29.8. The van der Waals surface area contributed by atoms with Crippen molar-refractivity contribution in [2.24, 2.45) is 19.0 Å². The number of fused-ring (bicyclic) bond motifs is 6. The summed E-state index contributed by atoms with van der Waals surface area (Å²) in [6.07, 6.45) is 11.5. The zero-order chi connectivity index (χ0) is 45.2. The summed E-state index contributed by atoms with van der Waals surface area (Å²) in [5, 5.41) is 26.0. The first-order chi connectivity index (χ1) is 30.5. The number of hydrogen-bond donors (Lipinski definition) is 4. The lowest BCUT2D eigenvalue weighted by atomic mass is 9.98. The third-order valence-corrected chi connectivity index (χ3v) is 15.9. The minimum absolute atomic E-state index is 0.0967. The predicted octanol–water partition coefficient (Wildman–Crippen LogP) is 4.51. The lowest BCUT2D eigenvalue weighted by Crippen LogP contribution is -2.41. The summed E-state index contributed by atoms with van der Waals surface area (Å²) in [6, 6.07) is -1.39. The average Bonchev–Trinajstić information content (AvgIpc) is 4.11. The molecule has 2 unspecified atom stereocenters. The van der Waals surface area contributed by atoms with Crippen LogP contribution >= 0.6 is 0 Å². The predicted molar refractivity (Wildman–Crippen MR) is 235 cm³/mol. The van der Waals surface area contributed by atoms with Crippen LogP contribution in [0.5, 0.6) is 11.8 Å². The molecular weight excluding hydrogens is 871 g/mol. The smallest absolute Gasteiger partial charge is 0.354 e. The highest BCUT2D eigenvalue weighted by Gasteiger charge is 2.34. The Kier molecular flexibility index (Phi) is 11.8. The number of rotatable bonds is 6. The Morgan fingerprint density at radius 2 is 0.938 bits per heavy atom. The number of carbonyl (C=O) groups excluding carboxylic acids is 2. The Labute approximate surface area is 371 Å². The molecule has 0 spiro atoms. The molecular formula is C42H54F2N12O6S2. The quantitative estimate of drug-likeness (QED) is 0.212. The van der Waals surface area contributed by atoms with E-state index in [1.54, 1.807) is 9.36 Å². The van der Waals surface area contributed by atoms with Crippen molar-refractivity contribution < 1.29 is 36.3 Å². The molecule has 4 heterocycles. The highest BCUT2D eigenvalue weighted by Crippen LogP contribution is 2.43. The lowest BCUT2D eigenvalue weighted by Gasteiger charge is -2.29. The minimum atomic E-state index is -3.58. The number of nitrogens with zero attached hydrogens (tertiary/aromatic N) is 8. The number of ether oxygens (including phenoxy) is 2. The van der Waals surface area contributed by atoms with Crippen LogP contribution in [-0.4, -0.2) is 103 Å². The topological polar surface area (TPSA) is 230 Å². The molecule has 64 heavy (non-hydrogen) atoms. The molecule has 0 saturated carbocycles. The molecule has 4 aliphatic carbocycles. The molecule has 4 amide bonds. The van der Waals surface area contributed by atoms with Gasteiger partial charge in [0.15, 0.2) is 19.8 Å². The van der Waals surface area contributed by atoms with E-state index >= 15 is 0 Å². The van der Waals surface area contributed by atoms with E-state index in [9.17, 15) is 26.8 Å². The van der Waals surface area contributed by atoms with Gasteiger partial charge in [-0.15, -0.1) is 8.73 Å². The largest absolute Gasteiger partial charge is 0.475 e. The molecule has 0 radical (unpaired) electrons. The molecule has 18 nitrogen and oxygen atoms in total. The molecule has 344 valence electrons. The van der Waals surface area contributed by atoms with Crippen LogP contribution in [0.2, 0.25) is 0 Å². The number of benzene rings is 2. The molecule has 10 rings (SSSR count). The standard InChI is InChI=1S/2C21H27FN6O3S/c2*1-27(2)12-10-28-20(31-11-12)17(9-24-28)32(23,30)26-21(29)25-19-15-7-3-5-13(15)18(22)14-6-4-8-16(14)19/h2*9,12H,3-8,10-11H2,1-2H3,(H3,23,25,26,29,30)/t2*12-,32?/m00/s1. The Hall–Kier alpha value is -5.00. The van der Waals surface area contributed by atoms with Crippen molar-refractivity contribution in [1.29, 1.82) is 0 Å². The molecule has 22 heteroatoms. The van der Waals surface area contributed by atoms with Crippen molar-refractivity contribution in [3.63, 3.8) is 0 Å². The van der Waals surface area contributed by atoms with Gasteiger partial charge in [0.2, 0.25) is 11.8 Å². The van der Waals surface area contributed by atoms with E-state index in [0.717, 1.165) is 47.9 Å². The van der Waals surface area contributed by atoms with Gasteiger partial charge >= 0.3 is 12.1 Å². The Morgan fingerprint density at radius 3 is 1.25 bits per heavy atom. The van der Waals surface area contributed by atoms with Crippen LogP contribution < -0.4 is 30.4 Å². The van der Waals surface area contributed by atoms with E-state index in [1.807, 2.05) is 38.0 Å². The van der Waals surface area contributed by atoms with Gasteiger partial charge in [-0.2, -0.15) is 10.2 Å². The molecule has 2 aromatic heterocycles. The summed E-state index contributed by atoms with van der Waals surface area (Å²) in [5.41, 5.74) is 7.30. The van der Waals surface area contributed by atoms with Crippen molar-refractivity contribution >= 4 is 43.3 Å². The van der Waals surface area contributed by atoms with Crippen LogP contribution in [-0.2, 0) is 84.3 Å². The van der Waals surface area contributed by atoms with E-state index in [1.165, 1.54) is 12.4 Å². The molecule has 2 aliphatic heterocycles. The van der Waals surface area contributed by atoms with E-state index < -0.39 is 31.9 Å². The second kappa shape index (κ2) is 17.1. The van der Waals surface area contributed by atoms with E-state index in [4.69, 9.17) is 19.8 Å². The summed E-state index contributed by atoms with van der Waals surface area (Å²) in [6.45, 7) is 1.89. The van der Waals surface area contributed by atoms with Crippen LogP contribution in [0.3, 0.4) is 0 Å². The van der Waals surface area contributed by atoms with Crippen molar-refractivity contribution in [3.05, 3.63) is 68.5 Å². The molecule has 6 N–H and O–H groups in total. The number of halogens is 2. The maximum Gasteiger partial charge on any atom is 0.354 e. The van der Waals surface area contributed by atoms with Crippen LogP contribution in [0.15, 0.2) is 30.9 Å². The van der Waals surface area contributed by atoms with Gasteiger partial charge in [-0.3, -0.25) is 0 Å². The van der Waals surface area contributed by atoms with Gasteiger partial charge in [0.25, 0.3) is 0 Å². The highest BCUT2D eigenvalue weighted by molar-refractivity contribution is 7.92. The summed E-state index contributed by atoms with van der Waals surface area (Å²) in [5.74, 6) is 0.302. The van der Waals surface area contributed by atoms with Crippen molar-refractivity contribution in [3.8, 4) is 11.8 Å². The number of aromatic nitrogens is 4. The van der Waals surface area contributed by atoms with Crippen LogP contribution in [0.1, 0.15) is 70.2 Å². The first kappa shape index (κ1) is 44.2. The monoisotopic (exact) mass is 924 g/mol. The second-order valence-electron chi connectivity index (χ2n) is 17.6. The number of nitrogens with one attached hydrogen (secondary N) is 2. The SMILES string of the molecule is CN(C)[C@@H]1COc2c(S(N)(=O)=NC(=O)Nc3c4c(c(F)c5c3CCC5)CCC4)cnn2C1.CN(C)[C@@H]1COc2c(S(N)(=O)=NC(=O)Nc3c4c(c(F)c5c3CCC5)CCC4)cnn2C1. The van der Waals surface area contributed by atoms with Gasteiger partial charge in [-0.1, -0.05) is 0 Å². The van der Waals surface area contributed by atoms with E-state index in [0.29, 0.717) is 111 Å². The summed E-state index contributed by atoms with van der Waals surface area (Å²) in [7, 11) is 0.601. The van der Waals surface area contributed by atoms with Crippen molar-refractivity contribution in [2.75, 3.05) is 52.0 Å². The van der Waals surface area contributed by atoms with Crippen LogP contribution in [0, 0.1) is 11.6 Å². The number of urea groups is 2. The highest BCUT2D eigenvalue weighted by atomic mass is 32.2. The summed E-state index contributed by atoms with van der Waals surface area (Å²) >= 11 is 0. The zero-order valence-corrected chi connectivity index (χ0v) is 38.0. The van der Waals surface area contributed by atoms with Gasteiger partial charge in [-0.25, -0.2) is 46.4 Å². The fourth-order valence-electron chi connectivity index (χ4n) is 9.83. The number of carbonyl (C=O) groups is 2. The second-order valence-corrected chi connectivity index (χ2v) is 21.2. The molecule has 6 aliphatic rings. The molecule has 2 aromatic carbocycles. The first-order valence-corrected chi connectivity index (χ1v) is 24.8. The number of anilines is 2. The molecule has 0 fully saturated rings. The average molecular weight is 925 g/mol. The molecule has 4 aromatic rings. The third kappa shape index (κ3) is 8.05. The minimum Gasteiger partial charge on any atom is -0.475 e. The maximum atomic E-state index is 14.9. The van der Waals surface area contributed by atoms with Gasteiger partial charge in [0.05, 0.1) is 37.6 Å². The summed E-state index contributed by atoms with van der Waals surface area (Å²) < 4.78 is 78.4. The van der Waals surface area contributed by atoms with Gasteiger partial charge < -0.3 is 29.9 Å². The van der Waals surface area contributed by atoms with Crippen molar-refractivity contribution in [1.82, 2.24) is 29.4 Å². The van der Waals surface area contributed by atoms with Crippen LogP contribution in [0.25, 0.3) is 0 Å². The third-order valence-electron chi connectivity index (χ3n) is 13.2. The fraction of sp³-hybridized carbons (Fsp3) is 0.524. The van der Waals surface area contributed by atoms with Gasteiger partial charge in [0.1, 0.15) is 34.6 Å². The molecule has 0 saturated heterocycles. The van der Waals surface area contributed by atoms with E-state index in [2.05, 4.69) is 29.6 Å². The Morgan fingerprint density at radius 1 is 0.625 bits per heavy atom. The van der Waals surface area contributed by atoms with E-state index in [-0.39, 0.29) is 45.3 Å². The fourth-order valence-corrected chi connectivity index (χ4v) is 11.8. The Bertz CT molecular complexity index is 2580. The normalized spacial score (nSPS) is 20.8. The van der Waals surface area contributed by atoms with Crippen LogP contribution in [0.4, 0.5) is 29.7 Å². The molecule has 4 atom stereocenters.